The van der Waals surface area contributed by atoms with Crippen molar-refractivity contribution in [3.8, 4) is 5.75 Å². The summed E-state index contributed by atoms with van der Waals surface area (Å²) in [6.45, 7) is 10.6. The monoisotopic (exact) mass is 832 g/mol. The smallest absolute Gasteiger partial charge is 0.327 e. The molecule has 2 amide bonds. The number of thioether (sulfide) groups is 1. The van der Waals surface area contributed by atoms with Crippen LogP contribution in [0.5, 0.6) is 5.75 Å². The van der Waals surface area contributed by atoms with Crippen LogP contribution in [-0.4, -0.2) is 96.6 Å². The van der Waals surface area contributed by atoms with Crippen LogP contribution in [0.3, 0.4) is 0 Å². The lowest BCUT2D eigenvalue weighted by Gasteiger charge is -2.25. The molecule has 2 heterocycles. The normalized spacial score (nSPS) is 24.8. The molecule has 14 nitrogen and oxygen atoms in total. The van der Waals surface area contributed by atoms with E-state index in [-0.39, 0.29) is 35.3 Å². The van der Waals surface area contributed by atoms with Gasteiger partial charge in [0.05, 0.1) is 28.8 Å². The Morgan fingerprint density at radius 3 is 2.15 bits per heavy atom. The molecule has 1 aliphatic carbocycles. The lowest BCUT2D eigenvalue weighted by Crippen LogP contribution is -2.42. The third-order valence-corrected chi connectivity index (χ3v) is 11.0. The molecule has 15 heteroatoms. The van der Waals surface area contributed by atoms with E-state index in [1.165, 1.54) is 44.2 Å². The van der Waals surface area contributed by atoms with Gasteiger partial charge in [-0.15, -0.1) is 11.8 Å². The lowest BCUT2D eigenvalue weighted by atomic mass is 9.83. The first-order valence-electron chi connectivity index (χ1n) is 19.0. The number of hydrogen-bond donors (Lipinski definition) is 7. The number of Topliss-reactive ketones (excluding diaryl/α,β-unsaturated/α-hetero) is 4. The molecule has 7 atom stereocenters. The molecule has 0 saturated heterocycles. The summed E-state index contributed by atoms with van der Waals surface area (Å²) in [4.78, 5) is 92.0. The van der Waals surface area contributed by atoms with Gasteiger partial charge in [-0.1, -0.05) is 75.5 Å². The largest absolute Gasteiger partial charge is 0.507 e. The number of carbonyl (C=O) groups excluding carboxylic acids is 6. The first-order valence-corrected chi connectivity index (χ1v) is 20.0. The fourth-order valence-corrected chi connectivity index (χ4v) is 7.32. The number of phenols is 1. The number of aromatic hydroxyl groups is 1. The van der Waals surface area contributed by atoms with Crippen molar-refractivity contribution in [1.82, 2.24) is 10.6 Å². The minimum atomic E-state index is -1.52. The van der Waals surface area contributed by atoms with Crippen LogP contribution in [0.4, 0.5) is 0 Å². The van der Waals surface area contributed by atoms with Gasteiger partial charge in [0.2, 0.25) is 23.4 Å². The number of phenolic OH excluding ortho intramolecular Hbond substituents is 1. The van der Waals surface area contributed by atoms with E-state index in [1.54, 1.807) is 58.1 Å². The van der Waals surface area contributed by atoms with E-state index in [4.69, 9.17) is 0 Å². The van der Waals surface area contributed by atoms with E-state index >= 15 is 0 Å². The molecule has 0 spiro atoms. The highest BCUT2D eigenvalue weighted by molar-refractivity contribution is 8.04. The predicted molar refractivity (Wildman–Crippen MR) is 223 cm³/mol. The maximum atomic E-state index is 14.4. The summed E-state index contributed by atoms with van der Waals surface area (Å²) in [5, 5.41) is 58.0. The number of fused-ring (bicyclic) bond motifs is 18. The Morgan fingerprint density at radius 1 is 0.847 bits per heavy atom. The zero-order valence-corrected chi connectivity index (χ0v) is 34.8. The van der Waals surface area contributed by atoms with Crippen LogP contribution in [-0.2, 0) is 19.2 Å². The Hall–Kier alpha value is -5.48. The Bertz CT molecular complexity index is 2090. The number of carboxylic acid groups (broad SMARTS) is 1. The highest BCUT2D eigenvalue weighted by atomic mass is 32.2. The number of aliphatic hydroxyl groups excluding tert-OH is 3. The molecule has 1 aromatic carbocycles. The Morgan fingerprint density at radius 2 is 1.51 bits per heavy atom. The van der Waals surface area contributed by atoms with Gasteiger partial charge in [-0.05, 0) is 50.0 Å². The van der Waals surface area contributed by atoms with Crippen LogP contribution in [0.15, 0.2) is 88.6 Å². The molecule has 4 bridgehead atoms. The molecular weight excluding hydrogens is 781 g/mol. The lowest BCUT2D eigenvalue weighted by molar-refractivity contribution is -0.140. The number of aryl methyl sites for hydroxylation is 1. The molecule has 1 aromatic rings. The van der Waals surface area contributed by atoms with Crippen LogP contribution in [0.25, 0.3) is 0 Å². The first-order chi connectivity index (χ1) is 27.7. The zero-order chi connectivity index (χ0) is 44.3. The van der Waals surface area contributed by atoms with Gasteiger partial charge in [0, 0.05) is 54.1 Å². The van der Waals surface area contributed by atoms with Crippen LogP contribution < -0.4 is 10.6 Å². The van der Waals surface area contributed by atoms with Gasteiger partial charge in [-0.2, -0.15) is 0 Å². The molecule has 0 unspecified atom stereocenters. The molecule has 0 fully saturated rings. The van der Waals surface area contributed by atoms with Crippen molar-refractivity contribution in [2.24, 2.45) is 17.8 Å². The van der Waals surface area contributed by atoms with Gasteiger partial charge in [0.1, 0.15) is 17.5 Å². The van der Waals surface area contributed by atoms with E-state index in [9.17, 15) is 59.1 Å². The first kappa shape index (κ1) is 47.9. The van der Waals surface area contributed by atoms with Crippen molar-refractivity contribution in [2.45, 2.75) is 85.7 Å². The second kappa shape index (κ2) is 21.5. The molecule has 0 saturated carbocycles. The standard InChI is InChI=1S/C44H52N2O12S/c1-22-12-10-8-9-11-13-34(51)46-37-41(55)30-19-27(6)40(54)36(35(30)42(56)43(37)59-21-31(44(57)58)45-28(7)47)39(53)26(5)18-25(4)38(52)24(3)15-17-29(48)16-14-23(2)33(50)20-32(22)49/h8-15,17-19,22,24-25,29,31-32,38,48-49,52,54H,16,20-21H2,1-7H3,(H,45,47)(H,46,51)(H,57,58)/t22-,24-,25-,29-,31-,32-,38-/m0/s1. The Kier molecular flexibility index (Phi) is 17.5. The summed E-state index contributed by atoms with van der Waals surface area (Å²) >= 11 is 0.556. The Balaban J connectivity index is 2.19. The number of benzene rings is 1. The predicted octanol–water partition coefficient (Wildman–Crippen LogP) is 4.38. The van der Waals surface area contributed by atoms with E-state index in [2.05, 4.69) is 10.6 Å². The van der Waals surface area contributed by atoms with E-state index < -0.39 is 110 Å². The number of allylic oxidation sites excluding steroid dienone is 8. The van der Waals surface area contributed by atoms with Crippen LogP contribution in [0.2, 0.25) is 0 Å². The maximum Gasteiger partial charge on any atom is 0.327 e. The zero-order valence-electron chi connectivity index (χ0n) is 34.0. The number of rotatable bonds is 5. The number of carboxylic acids is 1. The number of aliphatic carboxylic acids is 1. The molecular formula is C44H52N2O12S. The summed E-state index contributed by atoms with van der Waals surface area (Å²) in [6.07, 6.45) is 11.6. The Labute approximate surface area is 347 Å². The fourth-order valence-electron chi connectivity index (χ4n) is 6.24. The minimum Gasteiger partial charge on any atom is -0.507 e. The third-order valence-electron chi connectivity index (χ3n) is 9.86. The van der Waals surface area contributed by atoms with Crippen molar-refractivity contribution in [3.05, 3.63) is 111 Å². The fraction of sp³-hybridized carbons (Fsp3) is 0.386. The van der Waals surface area contributed by atoms with Crippen LogP contribution in [0, 0.1) is 24.7 Å². The van der Waals surface area contributed by atoms with Crippen molar-refractivity contribution in [3.63, 3.8) is 0 Å². The van der Waals surface area contributed by atoms with Crippen LogP contribution >= 0.6 is 11.8 Å². The molecule has 4 rings (SSSR count). The van der Waals surface area contributed by atoms with Gasteiger partial charge in [-0.25, -0.2) is 4.79 Å². The molecule has 59 heavy (non-hydrogen) atoms. The quantitative estimate of drug-likeness (QED) is 0.204. The second-order valence-corrected chi connectivity index (χ2v) is 15.8. The van der Waals surface area contributed by atoms with Crippen LogP contribution in [0.1, 0.15) is 91.0 Å². The van der Waals surface area contributed by atoms with Crippen molar-refractivity contribution >= 4 is 52.7 Å². The van der Waals surface area contributed by atoms with Gasteiger partial charge >= 0.3 is 5.97 Å². The molecule has 2 aliphatic heterocycles. The van der Waals surface area contributed by atoms with Crippen molar-refractivity contribution in [1.29, 1.82) is 0 Å². The number of hydrogen-bond acceptors (Lipinski definition) is 12. The van der Waals surface area contributed by atoms with Crippen molar-refractivity contribution in [2.75, 3.05) is 5.75 Å². The number of ketones is 4. The summed E-state index contributed by atoms with van der Waals surface area (Å²) < 4.78 is 0. The average molecular weight is 833 g/mol. The van der Waals surface area contributed by atoms with Gasteiger partial charge < -0.3 is 36.2 Å². The molecule has 7 N–H and O–H groups in total. The maximum absolute atomic E-state index is 14.4. The van der Waals surface area contributed by atoms with Gasteiger partial charge in [-0.3, -0.25) is 28.8 Å². The van der Waals surface area contributed by atoms with Gasteiger partial charge in [0.25, 0.3) is 0 Å². The molecule has 0 radical (unpaired) electrons. The van der Waals surface area contributed by atoms with Gasteiger partial charge in [0.15, 0.2) is 11.6 Å². The minimum absolute atomic E-state index is 0.00628. The highest BCUT2D eigenvalue weighted by Gasteiger charge is 2.39. The summed E-state index contributed by atoms with van der Waals surface area (Å²) in [5.74, 6) is -8.71. The second-order valence-electron chi connectivity index (χ2n) is 14.7. The average Bonchev–Trinajstić information content (AvgIpc) is 3.17. The SMILES string of the molecule is CC(=O)N[C@@H](CSC1=C2NC(=O)C=CC=CC=C[C@H](C)[C@@H](O)CC(=O)C(C)=CC[C@H](O)C=C[C@H](C)[C@H](O)[C@@H](C)C=C(C)C(=O)c3c(O)c(C)cc(c3C1=O)C2=O)C(=O)O. The number of aliphatic hydroxyl groups is 3. The summed E-state index contributed by atoms with van der Waals surface area (Å²) in [6, 6.07) is -0.315. The topological polar surface area (TPSA) is 245 Å². The molecule has 316 valence electrons. The summed E-state index contributed by atoms with van der Waals surface area (Å²) in [5.41, 5.74) is -1.35. The molecule has 3 aliphatic rings. The number of amides is 2. The van der Waals surface area contributed by atoms with E-state index in [1.807, 2.05) is 0 Å². The van der Waals surface area contributed by atoms with Crippen molar-refractivity contribution < 1.29 is 59.1 Å². The molecule has 0 aromatic heterocycles. The number of carbonyl (C=O) groups is 7. The van der Waals surface area contributed by atoms with E-state index in [0.717, 1.165) is 13.0 Å². The third kappa shape index (κ3) is 12.8. The summed E-state index contributed by atoms with van der Waals surface area (Å²) in [7, 11) is 0. The number of nitrogens with one attached hydrogen (secondary N) is 2. The van der Waals surface area contributed by atoms with E-state index in [0.29, 0.717) is 17.3 Å². The highest BCUT2D eigenvalue weighted by Crippen LogP contribution is 2.40.